The van der Waals surface area contributed by atoms with Crippen molar-refractivity contribution in [3.8, 4) is 0 Å². The van der Waals surface area contributed by atoms with Crippen molar-refractivity contribution >= 4 is 29.0 Å². The summed E-state index contributed by atoms with van der Waals surface area (Å²) in [5.74, 6) is 2.12. The fraction of sp³-hybridized carbons (Fsp3) is 0.167. The van der Waals surface area contributed by atoms with E-state index >= 15 is 0 Å². The Morgan fingerprint density at radius 2 is 1.76 bits per heavy atom. The number of hydrogen-bond acceptors (Lipinski definition) is 6. The summed E-state index contributed by atoms with van der Waals surface area (Å²) < 4.78 is 0. The molecule has 4 heterocycles. The molecule has 25 heavy (non-hydrogen) atoms. The normalized spacial score (nSPS) is 13.9. The quantitative estimate of drug-likeness (QED) is 0.731. The molecule has 4 rings (SSSR count). The van der Waals surface area contributed by atoms with Gasteiger partial charge < -0.3 is 4.90 Å². The molecule has 0 radical (unpaired) electrons. The Balaban J connectivity index is 1.71. The summed E-state index contributed by atoms with van der Waals surface area (Å²) in [4.78, 5) is 32.9. The number of carbonyl (C=O) groups excluding carboxylic acids is 1. The van der Waals surface area contributed by atoms with Crippen LogP contribution in [0.15, 0.2) is 61.3 Å². The molecule has 7 nitrogen and oxygen atoms in total. The number of aromatic nitrogens is 4. The van der Waals surface area contributed by atoms with Gasteiger partial charge in [-0.05, 0) is 30.7 Å². The molecule has 3 aromatic heterocycles. The maximum atomic E-state index is 11.9. The van der Waals surface area contributed by atoms with E-state index in [9.17, 15) is 4.79 Å². The molecule has 0 atom stereocenters. The first-order valence-electron chi connectivity index (χ1n) is 8.06. The van der Waals surface area contributed by atoms with E-state index in [0.717, 1.165) is 18.7 Å². The van der Waals surface area contributed by atoms with Gasteiger partial charge >= 0.3 is 0 Å². The lowest BCUT2D eigenvalue weighted by Gasteiger charge is -2.22. The monoisotopic (exact) mass is 332 g/mol. The molecule has 1 fully saturated rings. The van der Waals surface area contributed by atoms with Crippen LogP contribution in [-0.2, 0) is 4.79 Å². The molecule has 0 aliphatic carbocycles. The van der Waals surface area contributed by atoms with Gasteiger partial charge in [-0.2, -0.15) is 0 Å². The largest absolute Gasteiger partial charge is 0.311 e. The SMILES string of the molecule is O=C1CCCN1c1ccc(N(c2ccccn2)c2cnccn2)nc1. The molecule has 0 unspecified atom stereocenters. The first-order chi connectivity index (χ1) is 12.3. The fourth-order valence-electron chi connectivity index (χ4n) is 2.84. The molecular formula is C18H16N6O. The minimum absolute atomic E-state index is 0.144. The highest BCUT2D eigenvalue weighted by atomic mass is 16.2. The number of rotatable bonds is 4. The second kappa shape index (κ2) is 6.64. The highest BCUT2D eigenvalue weighted by Crippen LogP contribution is 2.30. The molecule has 0 spiro atoms. The third kappa shape index (κ3) is 3.03. The first kappa shape index (κ1) is 15.2. The van der Waals surface area contributed by atoms with Gasteiger partial charge in [0.1, 0.15) is 11.6 Å². The summed E-state index contributed by atoms with van der Waals surface area (Å²) in [5.41, 5.74) is 0.811. The van der Waals surface area contributed by atoms with Gasteiger partial charge in [-0.15, -0.1) is 0 Å². The maximum absolute atomic E-state index is 11.9. The van der Waals surface area contributed by atoms with Crippen LogP contribution in [0.4, 0.5) is 23.1 Å². The summed E-state index contributed by atoms with van der Waals surface area (Å²) in [6, 6.07) is 9.41. The molecule has 1 saturated heterocycles. The summed E-state index contributed by atoms with van der Waals surface area (Å²) in [7, 11) is 0. The van der Waals surface area contributed by atoms with Crippen LogP contribution in [0.2, 0.25) is 0 Å². The topological polar surface area (TPSA) is 75.1 Å². The van der Waals surface area contributed by atoms with Crippen molar-refractivity contribution < 1.29 is 4.79 Å². The Morgan fingerprint density at radius 3 is 2.40 bits per heavy atom. The zero-order valence-electron chi connectivity index (χ0n) is 13.5. The Kier molecular flexibility index (Phi) is 4.04. The fourth-order valence-corrected chi connectivity index (χ4v) is 2.84. The van der Waals surface area contributed by atoms with Crippen LogP contribution in [0.25, 0.3) is 0 Å². The highest BCUT2D eigenvalue weighted by Gasteiger charge is 2.22. The Labute approximate surface area is 145 Å². The zero-order valence-corrected chi connectivity index (χ0v) is 13.5. The number of amides is 1. The number of carbonyl (C=O) groups is 1. The van der Waals surface area contributed by atoms with Gasteiger partial charge in [0.2, 0.25) is 5.91 Å². The molecule has 7 heteroatoms. The second-order valence-corrected chi connectivity index (χ2v) is 5.61. The van der Waals surface area contributed by atoms with Crippen LogP contribution in [-0.4, -0.2) is 32.4 Å². The average molecular weight is 332 g/mol. The molecule has 1 amide bonds. The zero-order chi connectivity index (χ0) is 17.1. The lowest BCUT2D eigenvalue weighted by molar-refractivity contribution is -0.117. The van der Waals surface area contributed by atoms with Crippen LogP contribution in [0.1, 0.15) is 12.8 Å². The number of anilines is 4. The Morgan fingerprint density at radius 1 is 0.880 bits per heavy atom. The predicted octanol–water partition coefficient (Wildman–Crippen LogP) is 2.86. The summed E-state index contributed by atoms with van der Waals surface area (Å²) in [6.07, 6.45) is 9.83. The molecular weight excluding hydrogens is 316 g/mol. The van der Waals surface area contributed by atoms with Crippen molar-refractivity contribution in [3.05, 3.63) is 61.3 Å². The van der Waals surface area contributed by atoms with E-state index in [0.29, 0.717) is 23.9 Å². The van der Waals surface area contributed by atoms with Gasteiger partial charge in [-0.3, -0.25) is 14.7 Å². The predicted molar refractivity (Wildman–Crippen MR) is 93.9 cm³/mol. The third-order valence-corrected chi connectivity index (χ3v) is 4.00. The summed E-state index contributed by atoms with van der Waals surface area (Å²) in [5, 5.41) is 0. The first-order valence-corrected chi connectivity index (χ1v) is 8.06. The molecule has 124 valence electrons. The van der Waals surface area contributed by atoms with E-state index in [2.05, 4.69) is 19.9 Å². The van der Waals surface area contributed by atoms with Crippen LogP contribution < -0.4 is 9.80 Å². The Hall–Kier alpha value is -3.35. The third-order valence-electron chi connectivity index (χ3n) is 4.00. The van der Waals surface area contributed by atoms with Crippen LogP contribution in [0.5, 0.6) is 0 Å². The van der Waals surface area contributed by atoms with E-state index < -0.39 is 0 Å². The van der Waals surface area contributed by atoms with Gasteiger partial charge in [0.15, 0.2) is 5.82 Å². The van der Waals surface area contributed by atoms with E-state index in [1.807, 2.05) is 35.2 Å². The molecule has 3 aromatic rings. The maximum Gasteiger partial charge on any atom is 0.227 e. The van der Waals surface area contributed by atoms with Crippen molar-refractivity contribution in [2.75, 3.05) is 16.3 Å². The van der Waals surface area contributed by atoms with Crippen molar-refractivity contribution in [2.24, 2.45) is 0 Å². The summed E-state index contributed by atoms with van der Waals surface area (Å²) >= 11 is 0. The lowest BCUT2D eigenvalue weighted by Crippen LogP contribution is -2.24. The van der Waals surface area contributed by atoms with Crippen LogP contribution >= 0.6 is 0 Å². The second-order valence-electron chi connectivity index (χ2n) is 5.61. The van der Waals surface area contributed by atoms with Gasteiger partial charge in [-0.1, -0.05) is 6.07 Å². The van der Waals surface area contributed by atoms with Gasteiger partial charge in [0.05, 0.1) is 18.1 Å². The van der Waals surface area contributed by atoms with E-state index in [-0.39, 0.29) is 5.91 Å². The molecule has 1 aliphatic rings. The van der Waals surface area contributed by atoms with E-state index in [1.54, 1.807) is 35.9 Å². The molecule has 0 N–H and O–H groups in total. The molecule has 1 aliphatic heterocycles. The van der Waals surface area contributed by atoms with E-state index in [4.69, 9.17) is 0 Å². The van der Waals surface area contributed by atoms with Gasteiger partial charge in [0.25, 0.3) is 0 Å². The van der Waals surface area contributed by atoms with Crippen molar-refractivity contribution in [1.29, 1.82) is 0 Å². The minimum atomic E-state index is 0.144. The van der Waals surface area contributed by atoms with Gasteiger partial charge in [0, 0.05) is 31.6 Å². The average Bonchev–Trinajstić information content (AvgIpc) is 3.10. The highest BCUT2D eigenvalue weighted by molar-refractivity contribution is 5.95. The number of nitrogens with zero attached hydrogens (tertiary/aromatic N) is 6. The molecule has 0 bridgehead atoms. The van der Waals surface area contributed by atoms with Crippen molar-refractivity contribution in [2.45, 2.75) is 12.8 Å². The molecule has 0 saturated carbocycles. The van der Waals surface area contributed by atoms with Crippen LogP contribution in [0.3, 0.4) is 0 Å². The lowest BCUT2D eigenvalue weighted by atomic mass is 10.3. The van der Waals surface area contributed by atoms with E-state index in [1.165, 1.54) is 0 Å². The minimum Gasteiger partial charge on any atom is -0.311 e. The number of hydrogen-bond donors (Lipinski definition) is 0. The number of pyridine rings is 2. The summed E-state index contributed by atoms with van der Waals surface area (Å²) in [6.45, 7) is 0.744. The molecule has 0 aromatic carbocycles. The van der Waals surface area contributed by atoms with Crippen LogP contribution in [0, 0.1) is 0 Å². The van der Waals surface area contributed by atoms with Crippen molar-refractivity contribution in [1.82, 2.24) is 19.9 Å². The standard InChI is InChI=1S/C18H16N6O/c25-18-5-3-11-23(18)14-6-7-16(22-12-14)24(15-4-1-2-8-20-15)17-13-19-9-10-21-17/h1-2,4,6-10,12-13H,3,5,11H2. The Bertz CT molecular complexity index is 814. The van der Waals surface area contributed by atoms with Crippen molar-refractivity contribution in [3.63, 3.8) is 0 Å². The smallest absolute Gasteiger partial charge is 0.227 e. The van der Waals surface area contributed by atoms with Gasteiger partial charge in [-0.25, -0.2) is 15.0 Å².